The van der Waals surface area contributed by atoms with E-state index in [9.17, 15) is 0 Å². The third-order valence-electron chi connectivity index (χ3n) is 7.75. The fourth-order valence-corrected chi connectivity index (χ4v) is 6.03. The van der Waals surface area contributed by atoms with Crippen molar-refractivity contribution in [2.24, 2.45) is 0 Å². The summed E-state index contributed by atoms with van der Waals surface area (Å²) >= 11 is 0. The Labute approximate surface area is 224 Å². The van der Waals surface area contributed by atoms with E-state index in [2.05, 4.69) is 145 Å². The molecule has 0 unspecified atom stereocenters. The number of nitrogens with zero attached hydrogens (tertiary/aromatic N) is 1. The van der Waals surface area contributed by atoms with Crippen LogP contribution in [-0.4, -0.2) is 4.57 Å². The first-order chi connectivity index (χ1) is 18.8. The molecule has 1 heteroatoms. The molecule has 0 aliphatic heterocycles. The smallest absolute Gasteiger partial charge is 0.0537 e. The third kappa shape index (κ3) is 3.79. The van der Waals surface area contributed by atoms with Crippen molar-refractivity contribution in [1.29, 1.82) is 0 Å². The van der Waals surface area contributed by atoms with Crippen molar-refractivity contribution in [2.75, 3.05) is 0 Å². The summed E-state index contributed by atoms with van der Waals surface area (Å²) < 4.78 is 2.44. The number of fused-ring (bicyclic) bond motifs is 3. The first kappa shape index (κ1) is 22.6. The van der Waals surface area contributed by atoms with Crippen LogP contribution in [0.25, 0.3) is 56.0 Å². The lowest BCUT2D eigenvalue weighted by atomic mass is 9.89. The van der Waals surface area contributed by atoms with E-state index in [1.807, 2.05) is 0 Å². The molecule has 0 N–H and O–H groups in total. The van der Waals surface area contributed by atoms with Gasteiger partial charge in [-0.05, 0) is 83.0 Å². The van der Waals surface area contributed by atoms with Crippen LogP contribution in [0.4, 0.5) is 0 Å². The minimum Gasteiger partial charge on any atom is -0.310 e. The van der Waals surface area contributed by atoms with Gasteiger partial charge < -0.3 is 4.57 Å². The normalized spacial score (nSPS) is 12.6. The predicted molar refractivity (Wildman–Crippen MR) is 162 cm³/mol. The molecule has 0 spiro atoms. The molecule has 0 saturated carbocycles. The lowest BCUT2D eigenvalue weighted by Crippen LogP contribution is -2.00. The van der Waals surface area contributed by atoms with Crippen molar-refractivity contribution in [1.82, 2.24) is 4.57 Å². The topological polar surface area (TPSA) is 4.93 Å². The molecule has 0 amide bonds. The zero-order valence-corrected chi connectivity index (χ0v) is 21.6. The SMILES string of the molecule is Cc1cccc(-c2ccccc2-c2ccccc2-c2cccc(-n3c4c(c5ccccc53)CCC=C4)c2)c1. The average Bonchev–Trinajstić information content (AvgIpc) is 3.32. The summed E-state index contributed by atoms with van der Waals surface area (Å²) in [6.07, 6.45) is 6.81. The Balaban J connectivity index is 1.40. The van der Waals surface area contributed by atoms with Gasteiger partial charge in [-0.3, -0.25) is 0 Å². The predicted octanol–water partition coefficient (Wildman–Crippen LogP) is 9.90. The highest BCUT2D eigenvalue weighted by molar-refractivity contribution is 5.93. The monoisotopic (exact) mass is 487 g/mol. The van der Waals surface area contributed by atoms with Gasteiger partial charge in [0.2, 0.25) is 0 Å². The van der Waals surface area contributed by atoms with Gasteiger partial charge in [-0.15, -0.1) is 0 Å². The number of aryl methyl sites for hydroxylation is 2. The quantitative estimate of drug-likeness (QED) is 0.233. The minimum absolute atomic E-state index is 1.09. The van der Waals surface area contributed by atoms with Crippen LogP contribution in [0, 0.1) is 6.92 Å². The van der Waals surface area contributed by atoms with Gasteiger partial charge in [0.15, 0.2) is 0 Å². The maximum atomic E-state index is 2.44. The van der Waals surface area contributed by atoms with Gasteiger partial charge in [0.1, 0.15) is 0 Å². The summed E-state index contributed by atoms with van der Waals surface area (Å²) in [5.41, 5.74) is 14.0. The molecule has 0 fully saturated rings. The van der Waals surface area contributed by atoms with E-state index in [0.29, 0.717) is 0 Å². The van der Waals surface area contributed by atoms with Crippen LogP contribution in [0.3, 0.4) is 0 Å². The third-order valence-corrected chi connectivity index (χ3v) is 7.75. The zero-order valence-electron chi connectivity index (χ0n) is 21.6. The zero-order chi connectivity index (χ0) is 25.5. The number of aromatic nitrogens is 1. The average molecular weight is 488 g/mol. The van der Waals surface area contributed by atoms with Crippen LogP contribution in [0.1, 0.15) is 23.2 Å². The first-order valence-electron chi connectivity index (χ1n) is 13.4. The van der Waals surface area contributed by atoms with Crippen LogP contribution >= 0.6 is 0 Å². The summed E-state index contributed by atoms with van der Waals surface area (Å²) in [6.45, 7) is 2.16. The molecule has 7 rings (SSSR count). The largest absolute Gasteiger partial charge is 0.310 e. The standard InChI is InChI=1S/C37H29N/c1-26-12-10-13-27(24-26)30-16-2-4-18-32(30)33-19-5-3-17-31(33)28-14-11-15-29(25-28)38-36-22-8-6-20-34(36)35-21-7-9-23-37(35)38/h2-6,8-20,22-25H,7,21H2,1H3. The molecule has 1 aliphatic rings. The molecule has 0 radical (unpaired) electrons. The Morgan fingerprint density at radius 2 is 1.21 bits per heavy atom. The Morgan fingerprint density at radius 1 is 0.579 bits per heavy atom. The number of para-hydroxylation sites is 1. The van der Waals surface area contributed by atoms with Crippen molar-refractivity contribution >= 4 is 17.0 Å². The molecule has 1 nitrogen and oxygen atoms in total. The van der Waals surface area contributed by atoms with Crippen molar-refractivity contribution in [3.8, 4) is 39.1 Å². The van der Waals surface area contributed by atoms with E-state index in [-0.39, 0.29) is 0 Å². The Kier molecular flexibility index (Phi) is 5.56. The number of hydrogen-bond acceptors (Lipinski definition) is 0. The Bertz CT molecular complexity index is 1830. The molecule has 1 heterocycles. The van der Waals surface area contributed by atoms with Gasteiger partial charge in [-0.1, -0.05) is 115 Å². The summed E-state index contributed by atoms with van der Waals surface area (Å²) in [4.78, 5) is 0. The lowest BCUT2D eigenvalue weighted by Gasteiger charge is -2.17. The summed E-state index contributed by atoms with van der Waals surface area (Å²) in [7, 11) is 0. The Morgan fingerprint density at radius 3 is 1.95 bits per heavy atom. The molecular formula is C37H29N. The molecule has 1 aromatic heterocycles. The van der Waals surface area contributed by atoms with Crippen LogP contribution in [0.15, 0.2) is 127 Å². The summed E-state index contributed by atoms with van der Waals surface area (Å²) in [5, 5.41) is 1.37. The van der Waals surface area contributed by atoms with Gasteiger partial charge in [-0.2, -0.15) is 0 Å². The fraction of sp³-hybridized carbons (Fsp3) is 0.0811. The van der Waals surface area contributed by atoms with Crippen LogP contribution < -0.4 is 0 Å². The van der Waals surface area contributed by atoms with E-state index in [1.165, 1.54) is 66.8 Å². The van der Waals surface area contributed by atoms with Crippen LogP contribution in [0.2, 0.25) is 0 Å². The van der Waals surface area contributed by atoms with Gasteiger partial charge in [0.25, 0.3) is 0 Å². The maximum Gasteiger partial charge on any atom is 0.0537 e. The Hall–Kier alpha value is -4.62. The molecular weight excluding hydrogens is 458 g/mol. The molecule has 182 valence electrons. The highest BCUT2D eigenvalue weighted by Gasteiger charge is 2.19. The van der Waals surface area contributed by atoms with E-state index >= 15 is 0 Å². The molecule has 1 aliphatic carbocycles. The van der Waals surface area contributed by atoms with Crippen LogP contribution in [0.5, 0.6) is 0 Å². The highest BCUT2D eigenvalue weighted by atomic mass is 15.0. The second-order valence-electron chi connectivity index (χ2n) is 10.2. The lowest BCUT2D eigenvalue weighted by molar-refractivity contribution is 0.968. The second-order valence-corrected chi connectivity index (χ2v) is 10.2. The van der Waals surface area contributed by atoms with Crippen molar-refractivity contribution in [3.05, 3.63) is 144 Å². The van der Waals surface area contributed by atoms with E-state index in [4.69, 9.17) is 0 Å². The number of rotatable bonds is 4. The molecule has 5 aromatic carbocycles. The maximum absolute atomic E-state index is 2.44. The van der Waals surface area contributed by atoms with Crippen molar-refractivity contribution in [3.63, 3.8) is 0 Å². The highest BCUT2D eigenvalue weighted by Crippen LogP contribution is 2.40. The molecule has 0 bridgehead atoms. The summed E-state index contributed by atoms with van der Waals surface area (Å²) in [6, 6.07) is 44.2. The van der Waals surface area contributed by atoms with E-state index in [1.54, 1.807) is 0 Å². The van der Waals surface area contributed by atoms with Crippen molar-refractivity contribution in [2.45, 2.75) is 19.8 Å². The summed E-state index contributed by atoms with van der Waals surface area (Å²) in [5.74, 6) is 0. The minimum atomic E-state index is 1.09. The molecule has 6 aromatic rings. The first-order valence-corrected chi connectivity index (χ1v) is 13.4. The fourth-order valence-electron chi connectivity index (χ4n) is 6.03. The van der Waals surface area contributed by atoms with E-state index < -0.39 is 0 Å². The van der Waals surface area contributed by atoms with Gasteiger partial charge in [0.05, 0.1) is 5.52 Å². The van der Waals surface area contributed by atoms with Crippen molar-refractivity contribution < 1.29 is 0 Å². The second kappa shape index (κ2) is 9.36. The molecule has 38 heavy (non-hydrogen) atoms. The number of benzene rings is 5. The van der Waals surface area contributed by atoms with Gasteiger partial charge in [-0.25, -0.2) is 0 Å². The van der Waals surface area contributed by atoms with Gasteiger partial charge >= 0.3 is 0 Å². The molecule has 0 saturated heterocycles. The number of allylic oxidation sites excluding steroid dienone is 1. The molecule has 0 atom stereocenters. The van der Waals surface area contributed by atoms with E-state index in [0.717, 1.165) is 12.8 Å². The van der Waals surface area contributed by atoms with Gasteiger partial charge in [0, 0.05) is 16.8 Å². The van der Waals surface area contributed by atoms with Crippen LogP contribution in [-0.2, 0) is 6.42 Å². The number of hydrogen-bond donors (Lipinski definition) is 0.